The molecule has 2 aromatic heterocycles. The van der Waals surface area contributed by atoms with Gasteiger partial charge in [-0.1, -0.05) is 24.3 Å². The lowest BCUT2D eigenvalue weighted by Crippen LogP contribution is -2.35. The maximum absolute atomic E-state index is 8.71. The second-order valence-electron chi connectivity index (χ2n) is 9.64. The molecule has 44 heavy (non-hydrogen) atoms. The first-order chi connectivity index (χ1) is 21.7. The summed E-state index contributed by atoms with van der Waals surface area (Å²) >= 11 is 0. The molecule has 0 radical (unpaired) electrons. The van der Waals surface area contributed by atoms with Gasteiger partial charge < -0.3 is 38.6 Å². The molecule has 0 amide bonds. The van der Waals surface area contributed by atoms with Crippen LogP contribution in [0.1, 0.15) is 22.3 Å². The highest BCUT2D eigenvalue weighted by atomic mass is 16.5. The number of benzene rings is 1. The van der Waals surface area contributed by atoms with Crippen molar-refractivity contribution in [2.24, 2.45) is 0 Å². The van der Waals surface area contributed by atoms with Crippen molar-refractivity contribution in [2.75, 3.05) is 80.3 Å². The minimum Gasteiger partial charge on any atom is -0.496 e. The van der Waals surface area contributed by atoms with E-state index in [1.807, 2.05) is 85.5 Å². The van der Waals surface area contributed by atoms with Crippen LogP contribution in [0.5, 0.6) is 11.5 Å². The van der Waals surface area contributed by atoms with Gasteiger partial charge in [-0.15, -0.1) is 0 Å². The van der Waals surface area contributed by atoms with Gasteiger partial charge in [-0.3, -0.25) is 0 Å². The number of nitrogens with zero attached hydrogens (tertiary/aromatic N) is 2. The first-order valence-corrected chi connectivity index (χ1v) is 14.8. The van der Waals surface area contributed by atoms with Crippen LogP contribution < -0.4 is 18.6 Å². The van der Waals surface area contributed by atoms with Crippen LogP contribution in [0.15, 0.2) is 61.2 Å². The molecule has 2 heterocycles. The third kappa shape index (κ3) is 12.9. The van der Waals surface area contributed by atoms with Crippen molar-refractivity contribution < 1.29 is 47.8 Å². The van der Waals surface area contributed by atoms with E-state index < -0.39 is 0 Å². The van der Waals surface area contributed by atoms with Crippen molar-refractivity contribution in [3.05, 3.63) is 83.4 Å². The molecular weight excluding hydrogens is 564 g/mol. The summed E-state index contributed by atoms with van der Waals surface area (Å²) in [6.07, 6.45) is 16.2. The lowest BCUT2D eigenvalue weighted by atomic mass is 10.1. The van der Waals surface area contributed by atoms with E-state index in [4.69, 9.17) is 38.6 Å². The smallest absolute Gasteiger partial charge is 0.171 e. The summed E-state index contributed by atoms with van der Waals surface area (Å²) in [7, 11) is 3.33. The SMILES string of the molecule is COc1cc(/C=C/c2cc[n+](CCOCCOCCO)cc2)c(OC)cc1/C=C/c1cc[n+](CCOCCOCCO)cc1. The molecule has 10 heteroatoms. The van der Waals surface area contributed by atoms with Crippen molar-refractivity contribution in [2.45, 2.75) is 13.1 Å². The normalized spacial score (nSPS) is 11.5. The van der Waals surface area contributed by atoms with Crippen LogP contribution in [0.4, 0.5) is 0 Å². The van der Waals surface area contributed by atoms with Gasteiger partial charge in [0.2, 0.25) is 0 Å². The molecule has 0 saturated carbocycles. The minimum absolute atomic E-state index is 0.0270. The summed E-state index contributed by atoms with van der Waals surface area (Å²) < 4.78 is 37.1. The molecule has 0 aliphatic heterocycles. The van der Waals surface area contributed by atoms with Crippen LogP contribution in [0.3, 0.4) is 0 Å². The molecule has 3 rings (SSSR count). The Balaban J connectivity index is 1.54. The second kappa shape index (κ2) is 21.1. The monoisotopic (exact) mass is 610 g/mol. The van der Waals surface area contributed by atoms with Gasteiger partial charge in [-0.25, -0.2) is 9.13 Å². The first-order valence-electron chi connectivity index (χ1n) is 14.8. The Bertz CT molecular complexity index is 1160. The minimum atomic E-state index is 0.0270. The number of rotatable bonds is 22. The number of hydrogen-bond acceptors (Lipinski definition) is 8. The van der Waals surface area contributed by atoms with Crippen molar-refractivity contribution >= 4 is 24.3 Å². The maximum Gasteiger partial charge on any atom is 0.171 e. The summed E-state index contributed by atoms with van der Waals surface area (Å²) in [4.78, 5) is 0. The molecule has 0 aliphatic rings. The molecular formula is C34H46N2O8+2. The van der Waals surface area contributed by atoms with E-state index in [0.29, 0.717) is 52.9 Å². The third-order valence-electron chi connectivity index (χ3n) is 6.53. The van der Waals surface area contributed by atoms with E-state index in [1.165, 1.54) is 0 Å². The van der Waals surface area contributed by atoms with E-state index >= 15 is 0 Å². The molecule has 0 fully saturated rings. The molecule has 10 nitrogen and oxygen atoms in total. The molecule has 2 N–H and O–H groups in total. The van der Waals surface area contributed by atoms with Crippen LogP contribution in [-0.2, 0) is 32.0 Å². The fourth-order valence-electron chi connectivity index (χ4n) is 4.15. The second-order valence-corrected chi connectivity index (χ2v) is 9.64. The van der Waals surface area contributed by atoms with Crippen LogP contribution in [-0.4, -0.2) is 90.5 Å². The third-order valence-corrected chi connectivity index (χ3v) is 6.53. The predicted octanol–water partition coefficient (Wildman–Crippen LogP) is 2.67. The molecule has 0 unspecified atom stereocenters. The van der Waals surface area contributed by atoms with Gasteiger partial charge in [-0.2, -0.15) is 0 Å². The van der Waals surface area contributed by atoms with Gasteiger partial charge in [0.25, 0.3) is 0 Å². The Morgan fingerprint density at radius 1 is 0.523 bits per heavy atom. The van der Waals surface area contributed by atoms with Gasteiger partial charge in [0.1, 0.15) is 24.7 Å². The molecule has 3 aromatic rings. The van der Waals surface area contributed by atoms with Gasteiger partial charge in [0.15, 0.2) is 37.9 Å². The molecule has 1 aromatic carbocycles. The van der Waals surface area contributed by atoms with Crippen molar-refractivity contribution in [3.8, 4) is 11.5 Å². The number of aliphatic hydroxyl groups excluding tert-OH is 2. The highest BCUT2D eigenvalue weighted by Gasteiger charge is 2.09. The average Bonchev–Trinajstić information content (AvgIpc) is 3.06. The molecule has 0 saturated heterocycles. The van der Waals surface area contributed by atoms with Crippen molar-refractivity contribution in [3.63, 3.8) is 0 Å². The number of aromatic nitrogens is 2. The summed E-state index contributed by atoms with van der Waals surface area (Å²) in [6.45, 7) is 5.37. The highest BCUT2D eigenvalue weighted by Crippen LogP contribution is 2.31. The van der Waals surface area contributed by atoms with Crippen LogP contribution >= 0.6 is 0 Å². The predicted molar refractivity (Wildman–Crippen MR) is 168 cm³/mol. The Morgan fingerprint density at radius 2 is 0.886 bits per heavy atom. The van der Waals surface area contributed by atoms with Gasteiger partial charge in [0, 0.05) is 35.4 Å². The topological polar surface area (TPSA) is 104 Å². The summed E-state index contributed by atoms with van der Waals surface area (Å²) in [5, 5.41) is 17.4. The van der Waals surface area contributed by atoms with Gasteiger partial charge >= 0.3 is 0 Å². The number of pyridine rings is 2. The zero-order valence-electron chi connectivity index (χ0n) is 25.8. The van der Waals surface area contributed by atoms with E-state index in [0.717, 1.165) is 46.8 Å². The summed E-state index contributed by atoms with van der Waals surface area (Å²) in [5.74, 6) is 1.50. The van der Waals surface area contributed by atoms with E-state index in [-0.39, 0.29) is 13.2 Å². The number of aliphatic hydroxyl groups is 2. The maximum atomic E-state index is 8.71. The van der Waals surface area contributed by atoms with Crippen LogP contribution in [0.25, 0.3) is 24.3 Å². The quantitative estimate of drug-likeness (QED) is 0.132. The molecule has 0 spiro atoms. The zero-order valence-corrected chi connectivity index (χ0v) is 25.8. The lowest BCUT2D eigenvalue weighted by molar-refractivity contribution is -0.698. The van der Waals surface area contributed by atoms with Crippen molar-refractivity contribution in [1.29, 1.82) is 0 Å². The van der Waals surface area contributed by atoms with Gasteiger partial charge in [-0.05, 0) is 23.3 Å². The highest BCUT2D eigenvalue weighted by molar-refractivity contribution is 5.78. The van der Waals surface area contributed by atoms with Crippen molar-refractivity contribution in [1.82, 2.24) is 0 Å². The Labute approximate surface area is 260 Å². The fourth-order valence-corrected chi connectivity index (χ4v) is 4.15. The zero-order chi connectivity index (χ0) is 31.2. The number of hydrogen-bond donors (Lipinski definition) is 2. The molecule has 0 bridgehead atoms. The molecule has 0 atom stereocenters. The number of methoxy groups -OCH3 is 2. The fraction of sp³-hybridized carbons (Fsp3) is 0.412. The first kappa shape index (κ1) is 34.8. The van der Waals surface area contributed by atoms with E-state index in [9.17, 15) is 0 Å². The van der Waals surface area contributed by atoms with Gasteiger partial charge in [0.05, 0.1) is 67.1 Å². The standard InChI is InChI=1S/C34H46N2O8/c1-39-33-27-32(6-4-30-9-13-36(14-10-30)16-20-42-24-26-44-22-18-38)34(40-2)28-31(33)5-3-29-7-11-35(12-8-29)15-19-41-23-25-43-21-17-37/h3-14,27-28,37-38H,15-26H2,1-2H3/q+2/b5-3+,6-4+. The molecule has 0 aliphatic carbocycles. The number of ether oxygens (including phenoxy) is 6. The van der Waals surface area contributed by atoms with Crippen LogP contribution in [0, 0.1) is 0 Å². The molecule has 238 valence electrons. The van der Waals surface area contributed by atoms with E-state index in [2.05, 4.69) is 9.13 Å². The summed E-state index contributed by atoms with van der Waals surface area (Å²) in [6, 6.07) is 12.2. The average molecular weight is 611 g/mol. The lowest BCUT2D eigenvalue weighted by Gasteiger charge is -2.11. The van der Waals surface area contributed by atoms with Crippen LogP contribution in [0.2, 0.25) is 0 Å². The Kier molecular flexibility index (Phi) is 16.7. The Morgan fingerprint density at radius 3 is 1.23 bits per heavy atom. The largest absolute Gasteiger partial charge is 0.496 e. The Hall–Kier alpha value is -3.64. The summed E-state index contributed by atoms with van der Waals surface area (Å²) in [5.41, 5.74) is 3.95. The van der Waals surface area contributed by atoms with E-state index in [1.54, 1.807) is 14.2 Å².